The quantitative estimate of drug-likeness (QED) is 0.533. The van der Waals surface area contributed by atoms with E-state index in [1.54, 1.807) is 0 Å². The average molecular weight is 287 g/mol. The first-order valence-corrected chi connectivity index (χ1v) is 5.49. The Morgan fingerprint density at radius 2 is 1.65 bits per heavy atom. The molecule has 1 aliphatic rings. The number of likely N-dealkylation sites (N-methyl/N-ethyl adjacent to an activating group) is 1. The van der Waals surface area contributed by atoms with Crippen molar-refractivity contribution in [1.82, 2.24) is 14.7 Å². The lowest BCUT2D eigenvalue weighted by molar-refractivity contribution is -0.149. The SMILES string of the molecule is CN1CC(=O)N(CC(=O)N(CC(=O)O)CC(=O)O)C1=O. The van der Waals surface area contributed by atoms with Crippen LogP contribution in [-0.2, 0) is 19.2 Å². The molecular weight excluding hydrogens is 274 g/mol. The van der Waals surface area contributed by atoms with Gasteiger partial charge in [0.25, 0.3) is 5.91 Å². The van der Waals surface area contributed by atoms with E-state index in [1.165, 1.54) is 7.05 Å². The summed E-state index contributed by atoms with van der Waals surface area (Å²) in [6, 6.07) is -0.686. The molecule has 0 aromatic rings. The second-order valence-corrected chi connectivity index (χ2v) is 4.16. The Morgan fingerprint density at radius 1 is 1.15 bits per heavy atom. The molecule has 2 N–H and O–H groups in total. The van der Waals surface area contributed by atoms with Crippen LogP contribution in [0.1, 0.15) is 0 Å². The molecule has 0 bridgehead atoms. The van der Waals surface area contributed by atoms with Crippen molar-refractivity contribution in [2.45, 2.75) is 0 Å². The summed E-state index contributed by atoms with van der Waals surface area (Å²) in [5, 5.41) is 17.2. The second kappa shape index (κ2) is 5.99. The molecule has 0 saturated carbocycles. The van der Waals surface area contributed by atoms with Crippen molar-refractivity contribution in [3.8, 4) is 0 Å². The number of hydrogen-bond acceptors (Lipinski definition) is 5. The monoisotopic (exact) mass is 287 g/mol. The molecule has 1 saturated heterocycles. The van der Waals surface area contributed by atoms with Crippen LogP contribution in [0.4, 0.5) is 4.79 Å². The van der Waals surface area contributed by atoms with Gasteiger partial charge in [-0.2, -0.15) is 0 Å². The number of urea groups is 1. The van der Waals surface area contributed by atoms with E-state index in [2.05, 4.69) is 0 Å². The first-order valence-electron chi connectivity index (χ1n) is 5.49. The third kappa shape index (κ3) is 3.67. The highest BCUT2D eigenvalue weighted by molar-refractivity contribution is 6.04. The van der Waals surface area contributed by atoms with E-state index in [9.17, 15) is 24.0 Å². The molecule has 10 heteroatoms. The molecule has 20 heavy (non-hydrogen) atoms. The van der Waals surface area contributed by atoms with Gasteiger partial charge in [-0.15, -0.1) is 0 Å². The number of carbonyl (C=O) groups is 5. The largest absolute Gasteiger partial charge is 0.480 e. The van der Waals surface area contributed by atoms with E-state index in [0.29, 0.717) is 9.80 Å². The highest BCUT2D eigenvalue weighted by Gasteiger charge is 2.36. The topological polar surface area (TPSA) is 136 Å². The van der Waals surface area contributed by atoms with Crippen LogP contribution in [0.15, 0.2) is 0 Å². The Bertz CT molecular complexity index is 459. The molecule has 0 spiro atoms. The Kier molecular flexibility index (Phi) is 4.62. The third-order valence-electron chi connectivity index (χ3n) is 2.53. The molecule has 1 rings (SSSR count). The molecular formula is C10H13N3O7. The molecule has 4 amide bonds. The van der Waals surface area contributed by atoms with Gasteiger partial charge in [-0.1, -0.05) is 0 Å². The minimum Gasteiger partial charge on any atom is -0.480 e. The number of carboxylic acids is 2. The molecule has 110 valence electrons. The highest BCUT2D eigenvalue weighted by Crippen LogP contribution is 2.08. The molecule has 0 unspecified atom stereocenters. The fourth-order valence-electron chi connectivity index (χ4n) is 1.62. The van der Waals surface area contributed by atoms with Crippen molar-refractivity contribution in [1.29, 1.82) is 0 Å². The lowest BCUT2D eigenvalue weighted by Crippen LogP contribution is -2.46. The van der Waals surface area contributed by atoms with E-state index < -0.39 is 49.4 Å². The maximum Gasteiger partial charge on any atom is 0.327 e. The Labute approximate surface area is 113 Å². The summed E-state index contributed by atoms with van der Waals surface area (Å²) in [6.07, 6.45) is 0. The normalized spacial score (nSPS) is 14.7. The molecule has 10 nitrogen and oxygen atoms in total. The van der Waals surface area contributed by atoms with Gasteiger partial charge in [0.1, 0.15) is 26.2 Å². The average Bonchev–Trinajstić information content (AvgIpc) is 2.54. The molecule has 0 aromatic heterocycles. The zero-order valence-corrected chi connectivity index (χ0v) is 10.6. The van der Waals surface area contributed by atoms with Gasteiger partial charge in [0.15, 0.2) is 0 Å². The number of rotatable bonds is 6. The van der Waals surface area contributed by atoms with E-state index in [-0.39, 0.29) is 6.54 Å². The first-order chi connectivity index (χ1) is 9.22. The van der Waals surface area contributed by atoms with Gasteiger partial charge >= 0.3 is 18.0 Å². The third-order valence-corrected chi connectivity index (χ3v) is 2.53. The number of nitrogens with zero attached hydrogens (tertiary/aromatic N) is 3. The lowest BCUT2D eigenvalue weighted by atomic mass is 10.4. The minimum absolute atomic E-state index is 0.177. The van der Waals surface area contributed by atoms with Crippen LogP contribution in [0, 0.1) is 0 Å². The van der Waals surface area contributed by atoms with Crippen molar-refractivity contribution < 1.29 is 34.2 Å². The van der Waals surface area contributed by atoms with Gasteiger partial charge in [0, 0.05) is 7.05 Å². The highest BCUT2D eigenvalue weighted by atomic mass is 16.4. The maximum atomic E-state index is 11.8. The Morgan fingerprint density at radius 3 is 2.00 bits per heavy atom. The summed E-state index contributed by atoms with van der Waals surface area (Å²) in [5.41, 5.74) is 0. The zero-order chi connectivity index (χ0) is 15.4. The summed E-state index contributed by atoms with van der Waals surface area (Å²) in [5.74, 6) is -4.31. The second-order valence-electron chi connectivity index (χ2n) is 4.16. The number of hydrogen-bond donors (Lipinski definition) is 2. The van der Waals surface area contributed by atoms with Crippen LogP contribution in [0.25, 0.3) is 0 Å². The number of carbonyl (C=O) groups excluding carboxylic acids is 3. The summed E-state index contributed by atoms with van der Waals surface area (Å²) >= 11 is 0. The molecule has 0 atom stereocenters. The van der Waals surface area contributed by atoms with Crippen molar-refractivity contribution in [3.05, 3.63) is 0 Å². The smallest absolute Gasteiger partial charge is 0.327 e. The van der Waals surface area contributed by atoms with Gasteiger partial charge in [0.2, 0.25) is 5.91 Å². The summed E-state index contributed by atoms with van der Waals surface area (Å²) in [7, 11) is 1.37. The minimum atomic E-state index is -1.39. The number of carboxylic acid groups (broad SMARTS) is 2. The van der Waals surface area contributed by atoms with E-state index in [4.69, 9.17) is 10.2 Å². The summed E-state index contributed by atoms with van der Waals surface area (Å²) < 4.78 is 0. The van der Waals surface area contributed by atoms with Gasteiger partial charge in [-0.05, 0) is 0 Å². The molecule has 1 aliphatic heterocycles. The summed E-state index contributed by atoms with van der Waals surface area (Å²) in [4.78, 5) is 58.2. The van der Waals surface area contributed by atoms with Crippen LogP contribution in [0.5, 0.6) is 0 Å². The molecule has 1 fully saturated rings. The predicted molar refractivity (Wildman–Crippen MR) is 61.6 cm³/mol. The van der Waals surface area contributed by atoms with Gasteiger partial charge in [0.05, 0.1) is 0 Å². The fraction of sp³-hybridized carbons (Fsp3) is 0.500. The van der Waals surface area contributed by atoms with Crippen molar-refractivity contribution in [2.24, 2.45) is 0 Å². The maximum absolute atomic E-state index is 11.8. The number of imide groups is 1. The van der Waals surface area contributed by atoms with Crippen LogP contribution in [0.3, 0.4) is 0 Å². The lowest BCUT2D eigenvalue weighted by Gasteiger charge is -2.21. The van der Waals surface area contributed by atoms with E-state index in [0.717, 1.165) is 4.90 Å². The van der Waals surface area contributed by atoms with Crippen LogP contribution >= 0.6 is 0 Å². The Balaban J connectivity index is 2.75. The zero-order valence-electron chi connectivity index (χ0n) is 10.6. The van der Waals surface area contributed by atoms with Crippen LogP contribution in [0.2, 0.25) is 0 Å². The fourth-order valence-corrected chi connectivity index (χ4v) is 1.62. The molecule has 0 aromatic carbocycles. The molecule has 0 aliphatic carbocycles. The predicted octanol–water partition coefficient (Wildman–Crippen LogP) is -2.12. The molecule has 0 radical (unpaired) electrons. The van der Waals surface area contributed by atoms with E-state index >= 15 is 0 Å². The van der Waals surface area contributed by atoms with Crippen molar-refractivity contribution in [3.63, 3.8) is 0 Å². The summed E-state index contributed by atoms with van der Waals surface area (Å²) in [6.45, 7) is -2.50. The Hall–Kier alpha value is -2.65. The number of amides is 4. The standard InChI is InChI=1S/C10H13N3O7/c1-11-2-7(15)13(10(11)20)3-6(14)12(4-8(16)17)5-9(18)19/h2-5H2,1H3,(H,16,17)(H,18,19). The van der Waals surface area contributed by atoms with Crippen LogP contribution in [-0.4, -0.2) is 87.9 Å². The van der Waals surface area contributed by atoms with Crippen LogP contribution < -0.4 is 0 Å². The van der Waals surface area contributed by atoms with E-state index in [1.807, 2.05) is 0 Å². The van der Waals surface area contributed by atoms with Gasteiger partial charge in [-0.25, -0.2) is 4.79 Å². The first kappa shape index (κ1) is 15.4. The van der Waals surface area contributed by atoms with Crippen molar-refractivity contribution >= 4 is 29.8 Å². The van der Waals surface area contributed by atoms with Crippen molar-refractivity contribution in [2.75, 3.05) is 33.2 Å². The van der Waals surface area contributed by atoms with Gasteiger partial charge < -0.3 is 20.0 Å². The number of aliphatic carboxylic acids is 2. The molecule has 1 heterocycles. The van der Waals surface area contributed by atoms with Gasteiger partial charge in [-0.3, -0.25) is 24.1 Å².